The van der Waals surface area contributed by atoms with Crippen molar-refractivity contribution in [1.82, 2.24) is 4.90 Å². The van der Waals surface area contributed by atoms with E-state index >= 15 is 0 Å². The van der Waals surface area contributed by atoms with E-state index in [-0.39, 0.29) is 12.6 Å². The summed E-state index contributed by atoms with van der Waals surface area (Å²) in [6.45, 7) is 7.81. The predicted molar refractivity (Wildman–Crippen MR) is 90.9 cm³/mol. The van der Waals surface area contributed by atoms with Gasteiger partial charge in [-0.2, -0.15) is 0 Å². The van der Waals surface area contributed by atoms with E-state index in [0.717, 1.165) is 43.7 Å². The summed E-state index contributed by atoms with van der Waals surface area (Å²) in [6, 6.07) is 6.11. The molecule has 0 spiro atoms. The van der Waals surface area contributed by atoms with Crippen LogP contribution in [0.4, 0.5) is 0 Å². The Morgan fingerprint density at radius 3 is 2.91 bits per heavy atom. The first-order valence-corrected chi connectivity index (χ1v) is 8.36. The molecule has 4 heteroatoms. The van der Waals surface area contributed by atoms with Gasteiger partial charge in [-0.1, -0.05) is 11.6 Å². The minimum atomic E-state index is -0.563. The molecule has 2 unspecified atom stereocenters. The molecule has 0 radical (unpaired) electrons. The number of hydrogen-bond acceptors (Lipinski definition) is 4. The Morgan fingerprint density at radius 1 is 1.48 bits per heavy atom. The molecule has 0 saturated carbocycles. The lowest BCUT2D eigenvalue weighted by atomic mass is 9.62. The van der Waals surface area contributed by atoms with Crippen LogP contribution in [0.1, 0.15) is 30.9 Å². The lowest BCUT2D eigenvalue weighted by molar-refractivity contribution is -0.0755. The molecule has 2 N–H and O–H groups in total. The molecule has 0 aromatic heterocycles. The Labute approximate surface area is 138 Å². The molecule has 23 heavy (non-hydrogen) atoms. The number of benzene rings is 1. The van der Waals surface area contributed by atoms with E-state index in [4.69, 9.17) is 4.74 Å². The molecular formula is C19H27NO3. The number of rotatable bonds is 5. The van der Waals surface area contributed by atoms with Gasteiger partial charge >= 0.3 is 0 Å². The van der Waals surface area contributed by atoms with Crippen LogP contribution < -0.4 is 4.74 Å². The van der Waals surface area contributed by atoms with Crippen molar-refractivity contribution in [3.05, 3.63) is 41.5 Å². The number of methoxy groups -OCH3 is 1. The van der Waals surface area contributed by atoms with E-state index in [9.17, 15) is 10.2 Å². The highest BCUT2D eigenvalue weighted by Gasteiger charge is 2.52. The standard InChI is InChI=1S/C19H27NO3/c1-13(2)6-8-20-9-7-19(12-21)16-11-15(23-3)5-4-14(16)10-17(20)18(19)22/h4-5,11,17-18,21-22H,1,6-10,12H2,2-3H3/t17?,18-,19?/m0/s1. The zero-order valence-electron chi connectivity index (χ0n) is 14.1. The summed E-state index contributed by atoms with van der Waals surface area (Å²) in [5.41, 5.74) is 2.88. The summed E-state index contributed by atoms with van der Waals surface area (Å²) < 4.78 is 5.35. The molecule has 2 bridgehead atoms. The number of aliphatic hydroxyl groups is 2. The fourth-order valence-corrected chi connectivity index (χ4v) is 4.18. The number of nitrogens with zero attached hydrogens (tertiary/aromatic N) is 1. The molecule has 1 saturated heterocycles. The first-order chi connectivity index (χ1) is 11.0. The first-order valence-electron chi connectivity index (χ1n) is 8.36. The van der Waals surface area contributed by atoms with Gasteiger partial charge in [-0.3, -0.25) is 4.90 Å². The zero-order chi connectivity index (χ0) is 16.6. The molecule has 1 aromatic rings. The van der Waals surface area contributed by atoms with Crippen LogP contribution in [0.2, 0.25) is 0 Å². The monoisotopic (exact) mass is 317 g/mol. The Kier molecular flexibility index (Phi) is 4.50. The topological polar surface area (TPSA) is 52.9 Å². The second kappa shape index (κ2) is 6.27. The van der Waals surface area contributed by atoms with Crippen LogP contribution in [-0.4, -0.2) is 54.1 Å². The van der Waals surface area contributed by atoms with Crippen molar-refractivity contribution < 1.29 is 14.9 Å². The van der Waals surface area contributed by atoms with Crippen molar-refractivity contribution in [1.29, 1.82) is 0 Å². The van der Waals surface area contributed by atoms with Crippen molar-refractivity contribution >= 4 is 0 Å². The van der Waals surface area contributed by atoms with Crippen LogP contribution in [0.3, 0.4) is 0 Å². The van der Waals surface area contributed by atoms with Gasteiger partial charge in [0.2, 0.25) is 0 Å². The molecule has 4 nitrogen and oxygen atoms in total. The molecule has 1 aliphatic heterocycles. The summed E-state index contributed by atoms with van der Waals surface area (Å²) in [7, 11) is 1.65. The average Bonchev–Trinajstić information content (AvgIpc) is 2.54. The van der Waals surface area contributed by atoms with Crippen molar-refractivity contribution in [2.45, 2.75) is 43.7 Å². The normalized spacial score (nSPS) is 29.9. The molecule has 2 aliphatic rings. The molecule has 3 atom stereocenters. The Bertz CT molecular complexity index is 600. The lowest BCUT2D eigenvalue weighted by Gasteiger charge is -2.54. The van der Waals surface area contributed by atoms with Crippen LogP contribution in [0.5, 0.6) is 5.75 Å². The van der Waals surface area contributed by atoms with Crippen LogP contribution in [0, 0.1) is 0 Å². The minimum absolute atomic E-state index is 0.0286. The Balaban J connectivity index is 1.96. The van der Waals surface area contributed by atoms with E-state index in [1.807, 2.05) is 19.1 Å². The van der Waals surface area contributed by atoms with Crippen LogP contribution in [-0.2, 0) is 11.8 Å². The first kappa shape index (κ1) is 16.5. The molecule has 3 rings (SSSR count). The smallest absolute Gasteiger partial charge is 0.119 e. The van der Waals surface area contributed by atoms with Gasteiger partial charge in [0.1, 0.15) is 5.75 Å². The molecule has 0 amide bonds. The highest BCUT2D eigenvalue weighted by atomic mass is 16.5. The van der Waals surface area contributed by atoms with Crippen LogP contribution in [0.15, 0.2) is 30.4 Å². The van der Waals surface area contributed by atoms with Crippen molar-refractivity contribution in [3.8, 4) is 5.75 Å². The molecule has 126 valence electrons. The third kappa shape index (κ3) is 2.69. The highest BCUT2D eigenvalue weighted by Crippen LogP contribution is 2.46. The Hall–Kier alpha value is -1.36. The summed E-state index contributed by atoms with van der Waals surface area (Å²) in [6.07, 6.45) is 1.98. The average molecular weight is 317 g/mol. The second-order valence-electron chi connectivity index (χ2n) is 7.05. The lowest BCUT2D eigenvalue weighted by Crippen LogP contribution is -2.64. The van der Waals surface area contributed by atoms with Gasteiger partial charge in [0.25, 0.3) is 0 Å². The van der Waals surface area contributed by atoms with Crippen LogP contribution in [0.25, 0.3) is 0 Å². The quantitative estimate of drug-likeness (QED) is 0.814. The van der Waals surface area contributed by atoms with E-state index in [0.29, 0.717) is 0 Å². The molecule has 1 aromatic carbocycles. The largest absolute Gasteiger partial charge is 0.497 e. The summed E-state index contributed by atoms with van der Waals surface area (Å²) >= 11 is 0. The summed E-state index contributed by atoms with van der Waals surface area (Å²) in [5, 5.41) is 21.2. The highest BCUT2D eigenvalue weighted by molar-refractivity contribution is 5.46. The molecular weight excluding hydrogens is 290 g/mol. The van der Waals surface area contributed by atoms with E-state index < -0.39 is 11.5 Å². The fraction of sp³-hybridized carbons (Fsp3) is 0.579. The summed E-state index contributed by atoms with van der Waals surface area (Å²) in [4.78, 5) is 2.36. The second-order valence-corrected chi connectivity index (χ2v) is 7.05. The minimum Gasteiger partial charge on any atom is -0.497 e. The maximum absolute atomic E-state index is 11.0. The van der Waals surface area contributed by atoms with Crippen LogP contribution >= 0.6 is 0 Å². The van der Waals surface area contributed by atoms with Gasteiger partial charge in [0, 0.05) is 18.0 Å². The van der Waals surface area contributed by atoms with Gasteiger partial charge in [0.15, 0.2) is 0 Å². The maximum Gasteiger partial charge on any atom is 0.119 e. The molecule has 1 heterocycles. The van der Waals surface area contributed by atoms with E-state index in [1.54, 1.807) is 7.11 Å². The third-order valence-corrected chi connectivity index (χ3v) is 5.64. The number of ether oxygens (including phenoxy) is 1. The van der Waals surface area contributed by atoms with Crippen molar-refractivity contribution in [3.63, 3.8) is 0 Å². The maximum atomic E-state index is 11.0. The Morgan fingerprint density at radius 2 is 2.26 bits per heavy atom. The van der Waals surface area contributed by atoms with Gasteiger partial charge in [-0.05, 0) is 56.0 Å². The van der Waals surface area contributed by atoms with E-state index in [2.05, 4.69) is 17.5 Å². The SMILES string of the molecule is C=C(C)CCN1CCC2(CO)c3cc(OC)ccc3CC1[C@@H]2O. The molecule has 1 fully saturated rings. The molecule has 1 aliphatic carbocycles. The number of fused-ring (bicyclic) bond motifs is 4. The third-order valence-electron chi connectivity index (χ3n) is 5.64. The zero-order valence-corrected chi connectivity index (χ0v) is 14.1. The van der Waals surface area contributed by atoms with Gasteiger partial charge < -0.3 is 14.9 Å². The summed E-state index contributed by atoms with van der Waals surface area (Å²) in [5.74, 6) is 0.784. The number of piperidine rings is 1. The predicted octanol–water partition coefficient (Wildman–Crippen LogP) is 1.88. The van der Waals surface area contributed by atoms with Crippen molar-refractivity contribution in [2.24, 2.45) is 0 Å². The number of hydrogen-bond donors (Lipinski definition) is 2. The van der Waals surface area contributed by atoms with Crippen molar-refractivity contribution in [2.75, 3.05) is 26.8 Å². The van der Waals surface area contributed by atoms with Gasteiger partial charge in [0.05, 0.1) is 19.8 Å². The van der Waals surface area contributed by atoms with E-state index in [1.165, 1.54) is 11.1 Å². The fourth-order valence-electron chi connectivity index (χ4n) is 4.18. The van der Waals surface area contributed by atoms with Gasteiger partial charge in [-0.15, -0.1) is 6.58 Å². The number of likely N-dealkylation sites (tertiary alicyclic amines) is 1. The number of aliphatic hydroxyl groups excluding tert-OH is 2. The van der Waals surface area contributed by atoms with Gasteiger partial charge in [-0.25, -0.2) is 0 Å².